The molecule has 1 aromatic rings. The van der Waals surface area contributed by atoms with Gasteiger partial charge in [0.1, 0.15) is 0 Å². The minimum absolute atomic E-state index is 0.167. The maximum Gasteiger partial charge on any atom is 0.231 e. The number of piperidine rings is 1. The summed E-state index contributed by atoms with van der Waals surface area (Å²) in [5.74, 6) is -0.0919. The van der Waals surface area contributed by atoms with Crippen LogP contribution < -0.4 is 5.73 Å². The first-order chi connectivity index (χ1) is 12.1. The lowest BCUT2D eigenvalue weighted by Crippen LogP contribution is -2.48. The monoisotopic (exact) mass is 341 g/mol. The van der Waals surface area contributed by atoms with Crippen LogP contribution in [0, 0.1) is 0 Å². The second-order valence-electron chi connectivity index (χ2n) is 7.01. The second-order valence-corrected chi connectivity index (χ2v) is 7.01. The lowest BCUT2D eigenvalue weighted by molar-refractivity contribution is -0.133. The Bertz CT molecular complexity index is 642. The molecule has 134 valence electrons. The topological polar surface area (TPSA) is 66.6 Å². The number of amides is 2. The largest absolute Gasteiger partial charge is 0.369 e. The van der Waals surface area contributed by atoms with Gasteiger partial charge in [0.05, 0.1) is 19.0 Å². The van der Waals surface area contributed by atoms with Crippen LogP contribution in [0.5, 0.6) is 0 Å². The van der Waals surface area contributed by atoms with Crippen LogP contribution in [0.3, 0.4) is 0 Å². The highest BCUT2D eigenvalue weighted by atomic mass is 16.2. The average Bonchev–Trinajstić information content (AvgIpc) is 2.62. The molecular weight excluding hydrogens is 314 g/mol. The Morgan fingerprint density at radius 2 is 1.92 bits per heavy atom. The van der Waals surface area contributed by atoms with Gasteiger partial charge in [-0.1, -0.05) is 36.4 Å². The molecule has 1 fully saturated rings. The second kappa shape index (κ2) is 8.30. The Balaban J connectivity index is 1.69. The van der Waals surface area contributed by atoms with Crippen LogP contribution in [-0.2, 0) is 16.0 Å². The normalized spacial score (nSPS) is 21.7. The number of carbonyl (C=O) groups is 2. The lowest BCUT2D eigenvalue weighted by atomic mass is 9.91. The van der Waals surface area contributed by atoms with Gasteiger partial charge in [-0.15, -0.1) is 0 Å². The number of rotatable bonds is 5. The van der Waals surface area contributed by atoms with E-state index in [1.54, 1.807) is 0 Å². The van der Waals surface area contributed by atoms with Crippen molar-refractivity contribution in [2.24, 2.45) is 5.73 Å². The first-order valence-electron chi connectivity index (χ1n) is 9.16. The highest BCUT2D eigenvalue weighted by molar-refractivity contribution is 5.79. The van der Waals surface area contributed by atoms with Crippen LogP contribution in [0.2, 0.25) is 0 Å². The Kier molecular flexibility index (Phi) is 5.87. The van der Waals surface area contributed by atoms with E-state index in [2.05, 4.69) is 15.9 Å². The number of carbonyl (C=O) groups excluding carboxylic acids is 2. The van der Waals surface area contributed by atoms with Crippen molar-refractivity contribution in [3.05, 3.63) is 47.5 Å². The number of hydrogen-bond donors (Lipinski definition) is 1. The lowest BCUT2D eigenvalue weighted by Gasteiger charge is -2.40. The molecule has 0 bridgehead atoms. The Labute approximate surface area is 149 Å². The summed E-state index contributed by atoms with van der Waals surface area (Å²) in [6.45, 7) is 2.71. The third-order valence-electron chi connectivity index (χ3n) is 5.09. The molecule has 2 heterocycles. The van der Waals surface area contributed by atoms with Gasteiger partial charge in [-0.2, -0.15) is 0 Å². The minimum atomic E-state index is -0.290. The van der Waals surface area contributed by atoms with E-state index in [0.29, 0.717) is 13.0 Å². The summed E-state index contributed by atoms with van der Waals surface area (Å²) < 4.78 is 0. The fraction of sp³-hybridized carbons (Fsp3) is 0.500. The molecule has 1 aromatic carbocycles. The molecule has 0 spiro atoms. The predicted molar refractivity (Wildman–Crippen MR) is 97.8 cm³/mol. The summed E-state index contributed by atoms with van der Waals surface area (Å²) in [7, 11) is 0. The van der Waals surface area contributed by atoms with E-state index >= 15 is 0 Å². The number of hydrogen-bond acceptors (Lipinski definition) is 3. The van der Waals surface area contributed by atoms with Crippen LogP contribution in [-0.4, -0.2) is 53.8 Å². The van der Waals surface area contributed by atoms with Crippen molar-refractivity contribution in [2.75, 3.05) is 26.2 Å². The Hall–Kier alpha value is -2.14. The van der Waals surface area contributed by atoms with Crippen molar-refractivity contribution >= 4 is 11.8 Å². The van der Waals surface area contributed by atoms with Crippen LogP contribution in [0.25, 0.3) is 0 Å². The van der Waals surface area contributed by atoms with Crippen LogP contribution in [0.1, 0.15) is 31.2 Å². The summed E-state index contributed by atoms with van der Waals surface area (Å²) in [6.07, 6.45) is 6.85. The third-order valence-corrected chi connectivity index (χ3v) is 5.09. The van der Waals surface area contributed by atoms with E-state index in [4.69, 9.17) is 5.73 Å². The van der Waals surface area contributed by atoms with Crippen molar-refractivity contribution in [1.29, 1.82) is 0 Å². The molecule has 3 rings (SSSR count). The van der Waals surface area contributed by atoms with E-state index in [1.807, 2.05) is 30.3 Å². The first-order valence-corrected chi connectivity index (χ1v) is 9.16. The Morgan fingerprint density at radius 3 is 2.68 bits per heavy atom. The molecule has 2 aliphatic heterocycles. The Morgan fingerprint density at radius 1 is 1.12 bits per heavy atom. The van der Waals surface area contributed by atoms with Gasteiger partial charge in [0, 0.05) is 19.6 Å². The number of benzene rings is 1. The molecule has 5 nitrogen and oxygen atoms in total. The fourth-order valence-corrected chi connectivity index (χ4v) is 3.92. The molecule has 0 saturated carbocycles. The predicted octanol–water partition coefficient (Wildman–Crippen LogP) is 1.73. The zero-order valence-corrected chi connectivity index (χ0v) is 14.7. The molecule has 1 saturated heterocycles. The zero-order valence-electron chi connectivity index (χ0n) is 14.7. The molecule has 5 heteroatoms. The maximum atomic E-state index is 12.9. The van der Waals surface area contributed by atoms with E-state index in [0.717, 1.165) is 50.9 Å². The highest BCUT2D eigenvalue weighted by Gasteiger charge is 2.31. The summed E-state index contributed by atoms with van der Waals surface area (Å²) in [6, 6.07) is 10.1. The third kappa shape index (κ3) is 4.69. The van der Waals surface area contributed by atoms with Gasteiger partial charge in [-0.05, 0) is 36.8 Å². The average molecular weight is 341 g/mol. The smallest absolute Gasteiger partial charge is 0.231 e. The summed E-state index contributed by atoms with van der Waals surface area (Å²) in [4.78, 5) is 28.3. The van der Waals surface area contributed by atoms with Crippen molar-refractivity contribution in [3.63, 3.8) is 0 Å². The SMILES string of the molecule is NC(=O)CN1CCC=C([C@H]2CCCCN2C(=O)Cc2ccccc2)C1. The molecular formula is C20H27N3O2. The van der Waals surface area contributed by atoms with Gasteiger partial charge in [0.25, 0.3) is 0 Å². The number of likely N-dealkylation sites (tertiary alicyclic amines) is 1. The molecule has 0 aromatic heterocycles. The van der Waals surface area contributed by atoms with Crippen molar-refractivity contribution in [1.82, 2.24) is 9.80 Å². The zero-order chi connectivity index (χ0) is 17.6. The first kappa shape index (κ1) is 17.7. The fourth-order valence-electron chi connectivity index (χ4n) is 3.92. The van der Waals surface area contributed by atoms with Gasteiger partial charge in [-0.25, -0.2) is 0 Å². The molecule has 2 N–H and O–H groups in total. The maximum absolute atomic E-state index is 12.9. The van der Waals surface area contributed by atoms with E-state index in [9.17, 15) is 9.59 Å². The van der Waals surface area contributed by atoms with Gasteiger partial charge >= 0.3 is 0 Å². The van der Waals surface area contributed by atoms with Gasteiger partial charge in [-0.3, -0.25) is 14.5 Å². The van der Waals surface area contributed by atoms with Crippen LogP contribution >= 0.6 is 0 Å². The van der Waals surface area contributed by atoms with Crippen LogP contribution in [0.15, 0.2) is 42.0 Å². The summed E-state index contributed by atoms with van der Waals surface area (Å²) >= 11 is 0. The van der Waals surface area contributed by atoms with E-state index in [-0.39, 0.29) is 17.9 Å². The summed E-state index contributed by atoms with van der Waals surface area (Å²) in [5.41, 5.74) is 7.68. The molecule has 2 aliphatic rings. The highest BCUT2D eigenvalue weighted by Crippen LogP contribution is 2.26. The molecule has 0 aliphatic carbocycles. The van der Waals surface area contributed by atoms with Crippen molar-refractivity contribution in [3.8, 4) is 0 Å². The molecule has 1 atom stereocenters. The van der Waals surface area contributed by atoms with E-state index < -0.39 is 0 Å². The number of nitrogens with zero attached hydrogens (tertiary/aromatic N) is 2. The van der Waals surface area contributed by atoms with E-state index in [1.165, 1.54) is 5.57 Å². The quantitative estimate of drug-likeness (QED) is 0.830. The van der Waals surface area contributed by atoms with Crippen molar-refractivity contribution < 1.29 is 9.59 Å². The van der Waals surface area contributed by atoms with Gasteiger partial charge < -0.3 is 10.6 Å². The molecule has 2 amide bonds. The van der Waals surface area contributed by atoms with Gasteiger partial charge in [0.15, 0.2) is 0 Å². The summed E-state index contributed by atoms with van der Waals surface area (Å²) in [5, 5.41) is 0. The minimum Gasteiger partial charge on any atom is -0.369 e. The van der Waals surface area contributed by atoms with Gasteiger partial charge in [0.2, 0.25) is 11.8 Å². The standard InChI is InChI=1S/C20H27N3O2/c21-19(24)15-22-11-6-9-17(14-22)18-10-4-5-12-23(18)20(25)13-16-7-2-1-3-8-16/h1-3,7-9,18H,4-6,10-15H2,(H2,21,24)/t18-/m1/s1. The number of primary amides is 1. The van der Waals surface area contributed by atoms with Crippen LogP contribution in [0.4, 0.5) is 0 Å². The molecule has 25 heavy (non-hydrogen) atoms. The molecule has 0 unspecified atom stereocenters. The van der Waals surface area contributed by atoms with Crippen molar-refractivity contribution in [2.45, 2.75) is 38.1 Å². The number of nitrogens with two attached hydrogens (primary N) is 1. The molecule has 0 radical (unpaired) electrons.